The quantitative estimate of drug-likeness (QED) is 0.433. The van der Waals surface area contributed by atoms with E-state index in [4.69, 9.17) is 10.2 Å². The standard InChI is InChI=1S/C5H12O.C3H2F6O.C3H7N.CH3.Ta/c1-4-5(2,3)6;4-2(5,6)1(10)3(7,8)9;1-3(2)4;;/h6H,4H2,1-3H3;1,10H;3H,1-2H3;1H3;/q;;;-1;. The van der Waals surface area contributed by atoms with E-state index in [-0.39, 0.29) is 7.43 Å². The maximum atomic E-state index is 11.0. The molecule has 137 valence electrons. The van der Waals surface area contributed by atoms with Gasteiger partial charge < -0.3 is 17.6 Å². The first-order valence-corrected chi connectivity index (χ1v) is 7.30. The molecule has 10 heteroatoms. The Hall–Kier alpha value is 0.0403. The second-order valence-electron chi connectivity index (χ2n) is 4.86. The first-order valence-electron chi connectivity index (χ1n) is 5.87. The normalized spacial score (nSPS) is 11.7. The molecule has 0 aromatic heterocycles. The van der Waals surface area contributed by atoms with Gasteiger partial charge in [0, 0.05) is 0 Å². The van der Waals surface area contributed by atoms with Crippen LogP contribution in [0.4, 0.5) is 26.3 Å². The number of aliphatic hydroxyl groups excluding tert-OH is 1. The summed E-state index contributed by atoms with van der Waals surface area (Å²) in [5.41, 5.74) is -0.458. The Balaban J connectivity index is -0.000000117. The maximum absolute atomic E-state index is 11.0. The summed E-state index contributed by atoms with van der Waals surface area (Å²) in [6.45, 7) is 9.72. The van der Waals surface area contributed by atoms with Gasteiger partial charge in [-0.05, 0) is 20.3 Å². The van der Waals surface area contributed by atoms with Crippen LogP contribution < -0.4 is 0 Å². The summed E-state index contributed by atoms with van der Waals surface area (Å²) in [5.74, 6) is 0. The van der Waals surface area contributed by atoms with Gasteiger partial charge in [0.25, 0.3) is 0 Å². The second-order valence-corrected chi connectivity index (χ2v) is 5.69. The number of rotatable bonds is 2. The predicted octanol–water partition coefficient (Wildman–Crippen LogP) is 4.21. The van der Waals surface area contributed by atoms with Crippen LogP contribution in [0.25, 0.3) is 0 Å². The molecule has 2 N–H and O–H groups in total. The Bertz CT molecular complexity index is 260. The molecule has 0 amide bonds. The van der Waals surface area contributed by atoms with Gasteiger partial charge >= 0.3 is 56.5 Å². The second kappa shape index (κ2) is 12.5. The molecule has 0 rings (SSSR count). The van der Waals surface area contributed by atoms with Gasteiger partial charge in [-0.1, -0.05) is 6.92 Å². The summed E-state index contributed by atoms with van der Waals surface area (Å²) in [4.78, 5) is 0. The molecule has 0 atom stereocenters. The van der Waals surface area contributed by atoms with Crippen LogP contribution in [0.5, 0.6) is 0 Å². The van der Waals surface area contributed by atoms with Crippen molar-refractivity contribution >= 4 is 0 Å². The van der Waals surface area contributed by atoms with Crippen LogP contribution >= 0.6 is 0 Å². The number of hydrogen-bond donors (Lipinski definition) is 2. The molecule has 0 radical (unpaired) electrons. The minimum absolute atomic E-state index is 0. The Labute approximate surface area is 139 Å². The zero-order valence-corrected chi connectivity index (χ0v) is 16.6. The third-order valence-corrected chi connectivity index (χ3v) is 3.38. The van der Waals surface area contributed by atoms with E-state index in [1.165, 1.54) is 0 Å². The molecule has 0 bridgehead atoms. The fraction of sp³-hybridized carbons (Fsp3) is 0.917. The van der Waals surface area contributed by atoms with E-state index in [0.717, 1.165) is 27.3 Å². The molecule has 3 nitrogen and oxygen atoms in total. The molecular weight excluding hydrogens is 485 g/mol. The third-order valence-electron chi connectivity index (χ3n) is 1.72. The summed E-state index contributed by atoms with van der Waals surface area (Å²) < 4.78 is 69.9. The van der Waals surface area contributed by atoms with E-state index < -0.39 is 24.1 Å². The molecule has 0 heterocycles. The zero-order chi connectivity index (χ0) is 18.1. The number of halogens is 6. The van der Waals surface area contributed by atoms with Gasteiger partial charge in [-0.15, -0.1) is 0 Å². The van der Waals surface area contributed by atoms with Crippen molar-refractivity contribution in [1.82, 2.24) is 0 Å². The largest absolute Gasteiger partial charge is 0.423 e. The molecular formula is C12H24F6NO2Ta-. The summed E-state index contributed by atoms with van der Waals surface area (Å²) in [7, 11) is 0. The number of alkyl halides is 6. The fourth-order valence-corrected chi connectivity index (χ4v) is 0.186. The fourth-order valence-electron chi connectivity index (χ4n) is 0.186. The van der Waals surface area contributed by atoms with Crippen molar-refractivity contribution in [3.8, 4) is 0 Å². The van der Waals surface area contributed by atoms with Crippen molar-refractivity contribution < 1.29 is 57.4 Å². The molecule has 0 aromatic rings. The molecule has 0 aliphatic carbocycles. The predicted molar refractivity (Wildman–Crippen MR) is 68.7 cm³/mol. The van der Waals surface area contributed by atoms with E-state index in [1.54, 1.807) is 13.8 Å². The third kappa shape index (κ3) is 25.0. The average molecular weight is 509 g/mol. The molecule has 0 fully saturated rings. The van der Waals surface area contributed by atoms with Crippen molar-refractivity contribution in [3.63, 3.8) is 0 Å². The van der Waals surface area contributed by atoms with Crippen molar-refractivity contribution in [2.24, 2.45) is 3.34 Å². The van der Waals surface area contributed by atoms with Gasteiger partial charge in [0.1, 0.15) is 0 Å². The first kappa shape index (κ1) is 30.0. The molecule has 0 saturated heterocycles. The zero-order valence-electron chi connectivity index (χ0n) is 13.4. The van der Waals surface area contributed by atoms with Crippen molar-refractivity contribution in [2.45, 2.75) is 71.1 Å². The summed E-state index contributed by atoms with van der Waals surface area (Å²) in [6, 6.07) is 0.559. The van der Waals surface area contributed by atoms with Crippen LogP contribution in [-0.2, 0) is 20.9 Å². The number of aliphatic hydroxyl groups is 2. The van der Waals surface area contributed by atoms with Crippen LogP contribution in [0.3, 0.4) is 0 Å². The van der Waals surface area contributed by atoms with Crippen molar-refractivity contribution in [2.75, 3.05) is 0 Å². The van der Waals surface area contributed by atoms with Crippen LogP contribution in [0.15, 0.2) is 3.34 Å². The molecule has 0 aromatic carbocycles. The molecule has 0 aliphatic rings. The van der Waals surface area contributed by atoms with Gasteiger partial charge in [-0.2, -0.15) is 26.3 Å². The van der Waals surface area contributed by atoms with Crippen LogP contribution in [0.1, 0.15) is 41.0 Å². The van der Waals surface area contributed by atoms with Gasteiger partial charge in [-0.25, -0.2) is 0 Å². The minimum Gasteiger partial charge on any atom is -0.390 e. The summed E-state index contributed by atoms with van der Waals surface area (Å²) >= 11 is 1.16. The summed E-state index contributed by atoms with van der Waals surface area (Å²) in [5, 5.41) is 16.3. The van der Waals surface area contributed by atoms with Crippen LogP contribution in [-0.4, -0.2) is 40.3 Å². The molecule has 0 unspecified atom stereocenters. The maximum Gasteiger partial charge on any atom is 0.423 e. The Morgan fingerprint density at radius 3 is 1.18 bits per heavy atom. The number of nitrogens with zero attached hydrogens (tertiary/aromatic N) is 1. The van der Waals surface area contributed by atoms with Gasteiger partial charge in [0.2, 0.25) is 6.10 Å². The van der Waals surface area contributed by atoms with Crippen molar-refractivity contribution in [1.29, 1.82) is 0 Å². The Morgan fingerprint density at radius 2 is 1.18 bits per heavy atom. The molecule has 0 spiro atoms. The van der Waals surface area contributed by atoms with Crippen molar-refractivity contribution in [3.05, 3.63) is 7.43 Å². The van der Waals surface area contributed by atoms with Gasteiger partial charge in [0.15, 0.2) is 0 Å². The monoisotopic (exact) mass is 509 g/mol. The van der Waals surface area contributed by atoms with Crippen LogP contribution in [0, 0.1) is 7.43 Å². The number of hydrogen-bond acceptors (Lipinski definition) is 3. The van der Waals surface area contributed by atoms with E-state index in [2.05, 4.69) is 17.2 Å². The van der Waals surface area contributed by atoms with E-state index in [0.29, 0.717) is 6.04 Å². The SMILES string of the molecule is CC(C)[N]=[Ta].CCC(C)(C)O.OC(C(F)(F)F)C(F)(F)F.[CH3-]. The molecule has 22 heavy (non-hydrogen) atoms. The van der Waals surface area contributed by atoms with Gasteiger partial charge in [0.05, 0.1) is 5.60 Å². The smallest absolute Gasteiger partial charge is 0.390 e. The topological polar surface area (TPSA) is 52.8 Å². The summed E-state index contributed by atoms with van der Waals surface area (Å²) in [6.07, 6.45) is -14.7. The Morgan fingerprint density at radius 1 is 1.00 bits per heavy atom. The molecule has 0 aliphatic heterocycles. The van der Waals surface area contributed by atoms with E-state index >= 15 is 0 Å². The first-order chi connectivity index (χ1) is 8.99. The Kier molecular flexibility index (Phi) is 17.0. The average Bonchev–Trinajstić information content (AvgIpc) is 2.26. The van der Waals surface area contributed by atoms with Gasteiger partial charge in [-0.3, -0.25) is 0 Å². The molecule has 0 saturated carbocycles. The van der Waals surface area contributed by atoms with E-state index in [9.17, 15) is 26.3 Å². The van der Waals surface area contributed by atoms with Crippen LogP contribution in [0.2, 0.25) is 0 Å². The van der Waals surface area contributed by atoms with E-state index in [1.807, 2.05) is 6.92 Å². The minimum atomic E-state index is -5.63.